The lowest BCUT2D eigenvalue weighted by molar-refractivity contribution is -0.605. The van der Waals surface area contributed by atoms with E-state index in [2.05, 4.69) is 4.90 Å². The van der Waals surface area contributed by atoms with Gasteiger partial charge >= 0.3 is 12.1 Å². The van der Waals surface area contributed by atoms with Crippen LogP contribution in [0.2, 0.25) is 10.0 Å². The molecule has 0 unspecified atom stereocenters. The Labute approximate surface area is 304 Å². The molecule has 3 aliphatic rings. The van der Waals surface area contributed by atoms with Crippen LogP contribution in [0.1, 0.15) is 44.6 Å². The quantitative estimate of drug-likeness (QED) is 0.0853. The van der Waals surface area contributed by atoms with Crippen molar-refractivity contribution in [1.82, 2.24) is 4.90 Å². The van der Waals surface area contributed by atoms with E-state index in [1.54, 1.807) is 54.5 Å². The maximum atomic E-state index is 13.8. The lowest BCUT2D eigenvalue weighted by atomic mass is 9.86. The zero-order chi connectivity index (χ0) is 35.4. The van der Waals surface area contributed by atoms with Crippen LogP contribution in [0.5, 0.6) is 17.2 Å². The maximum Gasteiger partial charge on any atom is 0.415 e. The van der Waals surface area contributed by atoms with Crippen molar-refractivity contribution in [3.63, 3.8) is 0 Å². The molecule has 5 heterocycles. The Hall–Kier alpha value is -4.23. The molecule has 11 nitrogen and oxygen atoms in total. The van der Waals surface area contributed by atoms with E-state index in [4.69, 9.17) is 46.9 Å². The minimum Gasteiger partial charge on any atom is -0.619 e. The number of esters is 1. The van der Waals surface area contributed by atoms with Gasteiger partial charge in [0, 0.05) is 23.4 Å². The summed E-state index contributed by atoms with van der Waals surface area (Å²) < 4.78 is 29.2. The topological polar surface area (TPSA) is 114 Å². The van der Waals surface area contributed by atoms with Crippen molar-refractivity contribution < 1.29 is 38.0 Å². The van der Waals surface area contributed by atoms with E-state index in [1.165, 1.54) is 38.0 Å². The van der Waals surface area contributed by atoms with Gasteiger partial charge in [0.2, 0.25) is 0 Å². The Morgan fingerprint density at radius 1 is 0.960 bits per heavy atom. The van der Waals surface area contributed by atoms with Crippen LogP contribution in [-0.2, 0) is 22.4 Å². The zero-order valence-corrected chi connectivity index (χ0v) is 30.1. The summed E-state index contributed by atoms with van der Waals surface area (Å²) >= 11 is 14.0. The molecule has 0 radical (unpaired) electrons. The first-order chi connectivity index (χ1) is 24.2. The number of methoxy groups -OCH3 is 3. The molecule has 0 spiro atoms. The Balaban J connectivity index is 1.25. The number of piperidine rings is 3. The lowest BCUT2D eigenvalue weighted by Gasteiger charge is -2.44. The van der Waals surface area contributed by atoms with Gasteiger partial charge in [-0.15, -0.1) is 11.3 Å². The number of para-hydroxylation sites is 2. The predicted octanol–water partition coefficient (Wildman–Crippen LogP) is 7.09. The normalized spacial score (nSPS) is 18.6. The average molecular weight is 743 g/mol. The average Bonchev–Trinajstić information content (AvgIpc) is 3.60. The number of hydrogen-bond donors (Lipinski definition) is 0. The van der Waals surface area contributed by atoms with E-state index in [0.717, 1.165) is 37.4 Å². The molecule has 264 valence electrons. The second-order valence-electron chi connectivity index (χ2n) is 12.1. The van der Waals surface area contributed by atoms with Crippen LogP contribution >= 0.6 is 34.5 Å². The molecule has 0 N–H and O–H groups in total. The van der Waals surface area contributed by atoms with Gasteiger partial charge in [-0.2, -0.15) is 4.73 Å². The van der Waals surface area contributed by atoms with Crippen molar-refractivity contribution >= 4 is 52.3 Å². The summed E-state index contributed by atoms with van der Waals surface area (Å²) in [6.07, 6.45) is 2.94. The van der Waals surface area contributed by atoms with E-state index in [1.807, 2.05) is 12.1 Å². The van der Waals surface area contributed by atoms with Gasteiger partial charge in [-0.05, 0) is 73.8 Å². The fourth-order valence-electron chi connectivity index (χ4n) is 6.45. The highest BCUT2D eigenvalue weighted by Gasteiger charge is 2.38. The van der Waals surface area contributed by atoms with Gasteiger partial charge in [0.15, 0.2) is 23.9 Å². The summed E-state index contributed by atoms with van der Waals surface area (Å²) in [6.45, 7) is 2.92. The number of nitrogens with zero attached hydrogens (tertiary/aromatic N) is 3. The fourth-order valence-corrected chi connectivity index (χ4v) is 7.92. The van der Waals surface area contributed by atoms with E-state index < -0.39 is 18.2 Å². The highest BCUT2D eigenvalue weighted by Crippen LogP contribution is 2.37. The van der Waals surface area contributed by atoms with Gasteiger partial charge in [0.05, 0.1) is 33.6 Å². The first-order valence-electron chi connectivity index (χ1n) is 16.1. The number of thiophene rings is 1. The molecular formula is C36H37Cl2N3O8S. The molecule has 2 aromatic heterocycles. The molecule has 2 bridgehead atoms. The molecular weight excluding hydrogens is 705 g/mol. The summed E-state index contributed by atoms with van der Waals surface area (Å²) in [6, 6.07) is 15.9. The second kappa shape index (κ2) is 15.8. The van der Waals surface area contributed by atoms with Gasteiger partial charge in [-0.3, -0.25) is 9.80 Å². The second-order valence-corrected chi connectivity index (χ2v) is 14.1. The van der Waals surface area contributed by atoms with E-state index in [9.17, 15) is 14.8 Å². The van der Waals surface area contributed by atoms with Crippen molar-refractivity contribution in [3.05, 3.63) is 103 Å². The Morgan fingerprint density at radius 3 is 2.32 bits per heavy atom. The SMILES string of the molecule is COc1ccc([C@H](Cc2c(Cl)c[n+]([O-])cc2Cl)OC(=O)c2ccc(CN(C(=O)O[C@H]3CN4CCC3CC4)c3ccccc3OC)s2)cc1OC. The number of halogens is 2. The number of anilines is 1. The monoisotopic (exact) mass is 741 g/mol. The minimum atomic E-state index is -0.869. The number of carbonyl (C=O) groups excluding carboxylic acids is 2. The van der Waals surface area contributed by atoms with E-state index >= 15 is 0 Å². The minimum absolute atomic E-state index is 0.0744. The zero-order valence-electron chi connectivity index (χ0n) is 27.8. The summed E-state index contributed by atoms with van der Waals surface area (Å²) in [5.41, 5.74) is 1.59. The van der Waals surface area contributed by atoms with Crippen LogP contribution in [-0.4, -0.2) is 64.0 Å². The molecule has 2 atom stereocenters. The third kappa shape index (κ3) is 7.88. The van der Waals surface area contributed by atoms with Gasteiger partial charge < -0.3 is 28.9 Å². The van der Waals surface area contributed by atoms with Crippen LogP contribution in [0.15, 0.2) is 67.0 Å². The van der Waals surface area contributed by atoms with Gasteiger partial charge in [0.1, 0.15) is 32.9 Å². The number of hydrogen-bond acceptors (Lipinski definition) is 10. The fraction of sp³-hybridized carbons (Fsp3) is 0.361. The van der Waals surface area contributed by atoms with Crippen LogP contribution in [0.3, 0.4) is 0 Å². The molecule has 0 saturated carbocycles. The Kier molecular flexibility index (Phi) is 11.2. The number of pyridine rings is 1. The highest BCUT2D eigenvalue weighted by atomic mass is 35.5. The number of amides is 1. The molecule has 2 aromatic carbocycles. The van der Waals surface area contributed by atoms with Crippen LogP contribution < -0.4 is 23.8 Å². The van der Waals surface area contributed by atoms with Gasteiger partial charge in [-0.25, -0.2) is 9.59 Å². The first-order valence-corrected chi connectivity index (χ1v) is 17.7. The number of benzene rings is 2. The molecule has 7 rings (SSSR count). The molecule has 50 heavy (non-hydrogen) atoms. The number of fused-ring (bicyclic) bond motifs is 3. The number of aromatic nitrogens is 1. The maximum absolute atomic E-state index is 13.8. The molecule has 3 aliphatic heterocycles. The summed E-state index contributed by atoms with van der Waals surface area (Å²) in [5.74, 6) is 1.20. The number of carbonyl (C=O) groups is 2. The standard InChI is InChI=1S/C36H37Cl2N3O8S/c1-45-29-7-5-4-6-28(29)41(36(43)49-33-21-39-14-12-22(33)13-15-39)18-24-9-11-34(50-24)35(42)48-31(17-25-26(37)19-40(44)20-27(25)38)23-8-10-30(46-2)32(16-23)47-3/h4-11,16,19-20,22,31,33H,12-15,17-18,21H2,1-3H3/t31-,33-/m0/s1. The predicted molar refractivity (Wildman–Crippen MR) is 190 cm³/mol. The van der Waals surface area contributed by atoms with Crippen molar-refractivity contribution in [2.45, 2.75) is 38.0 Å². The molecule has 0 aliphatic carbocycles. The Morgan fingerprint density at radius 2 is 1.66 bits per heavy atom. The summed E-state index contributed by atoms with van der Waals surface area (Å²) in [4.78, 5) is 32.5. The van der Waals surface area contributed by atoms with Crippen molar-refractivity contribution in [1.29, 1.82) is 0 Å². The van der Waals surface area contributed by atoms with Crippen LogP contribution in [0, 0.1) is 11.1 Å². The van der Waals surface area contributed by atoms with Crippen LogP contribution in [0.4, 0.5) is 10.5 Å². The molecule has 3 fully saturated rings. The summed E-state index contributed by atoms with van der Waals surface area (Å²) in [5, 5.41) is 12.2. The smallest absolute Gasteiger partial charge is 0.415 e. The third-order valence-electron chi connectivity index (χ3n) is 9.10. The molecule has 4 aromatic rings. The number of ether oxygens (including phenoxy) is 5. The van der Waals surface area contributed by atoms with Crippen LogP contribution in [0.25, 0.3) is 0 Å². The van der Waals surface area contributed by atoms with Crippen molar-refractivity contribution in [3.8, 4) is 17.2 Å². The number of rotatable bonds is 12. The van der Waals surface area contributed by atoms with Gasteiger partial charge in [-0.1, -0.05) is 41.4 Å². The van der Waals surface area contributed by atoms with E-state index in [-0.39, 0.29) is 29.1 Å². The van der Waals surface area contributed by atoms with Gasteiger partial charge in [0.25, 0.3) is 0 Å². The Bertz CT molecular complexity index is 1820. The lowest BCUT2D eigenvalue weighted by Crippen LogP contribution is -2.53. The first kappa shape index (κ1) is 35.6. The van der Waals surface area contributed by atoms with Crippen molar-refractivity contribution in [2.24, 2.45) is 5.92 Å². The summed E-state index contributed by atoms with van der Waals surface area (Å²) in [7, 11) is 4.59. The van der Waals surface area contributed by atoms with Crippen molar-refractivity contribution in [2.75, 3.05) is 45.9 Å². The molecule has 1 amide bonds. The highest BCUT2D eigenvalue weighted by molar-refractivity contribution is 7.14. The molecule has 3 saturated heterocycles. The molecule has 14 heteroatoms. The largest absolute Gasteiger partial charge is 0.619 e. The third-order valence-corrected chi connectivity index (χ3v) is 10.8. The van der Waals surface area contributed by atoms with E-state index in [0.29, 0.717) is 49.6 Å².